The second-order valence-corrected chi connectivity index (χ2v) is 6.30. The van der Waals surface area contributed by atoms with Gasteiger partial charge in [0.25, 0.3) is 0 Å². The Bertz CT molecular complexity index is 498. The standard InChI is InChI=1S/C16H23NO3/c1-11(15(18)19)10-17(4)13-9-16(2,3)20-14-8-6-5-7-12(13)14/h5-8,11,13H,9-10H2,1-4H3,(H,18,19). The second kappa shape index (κ2) is 5.44. The predicted molar refractivity (Wildman–Crippen MR) is 77.9 cm³/mol. The molecule has 0 amide bonds. The van der Waals surface area contributed by atoms with Crippen LogP contribution in [-0.4, -0.2) is 35.2 Å². The summed E-state index contributed by atoms with van der Waals surface area (Å²) in [7, 11) is 1.99. The lowest BCUT2D eigenvalue weighted by atomic mass is 9.88. The van der Waals surface area contributed by atoms with Crippen molar-refractivity contribution < 1.29 is 14.6 Å². The summed E-state index contributed by atoms with van der Waals surface area (Å²) >= 11 is 0. The lowest BCUT2D eigenvalue weighted by Gasteiger charge is -2.41. The van der Waals surface area contributed by atoms with Gasteiger partial charge >= 0.3 is 5.97 Å². The van der Waals surface area contributed by atoms with E-state index in [2.05, 4.69) is 24.8 Å². The predicted octanol–water partition coefficient (Wildman–Crippen LogP) is 2.94. The first-order valence-corrected chi connectivity index (χ1v) is 7.01. The van der Waals surface area contributed by atoms with Crippen LogP contribution in [0.5, 0.6) is 5.75 Å². The highest BCUT2D eigenvalue weighted by Crippen LogP contribution is 2.41. The smallest absolute Gasteiger partial charge is 0.307 e. The number of para-hydroxylation sites is 1. The average molecular weight is 277 g/mol. The molecule has 2 atom stereocenters. The minimum absolute atomic E-state index is 0.191. The normalized spacial score (nSPS) is 21.9. The molecule has 4 nitrogen and oxygen atoms in total. The summed E-state index contributed by atoms with van der Waals surface area (Å²) < 4.78 is 6.01. The molecule has 0 saturated carbocycles. The molecule has 0 bridgehead atoms. The van der Waals surface area contributed by atoms with Gasteiger partial charge in [-0.15, -0.1) is 0 Å². The molecule has 1 N–H and O–H groups in total. The van der Waals surface area contributed by atoms with Gasteiger partial charge in [-0.1, -0.05) is 25.1 Å². The van der Waals surface area contributed by atoms with Crippen molar-refractivity contribution in [2.75, 3.05) is 13.6 Å². The molecule has 0 radical (unpaired) electrons. The molecule has 0 aromatic heterocycles. The van der Waals surface area contributed by atoms with Gasteiger partial charge < -0.3 is 9.84 Å². The number of hydrogen-bond donors (Lipinski definition) is 1. The van der Waals surface area contributed by atoms with Crippen molar-refractivity contribution in [3.63, 3.8) is 0 Å². The summed E-state index contributed by atoms with van der Waals surface area (Å²) in [6.45, 7) is 6.43. The largest absolute Gasteiger partial charge is 0.487 e. The molecule has 1 aliphatic rings. The van der Waals surface area contributed by atoms with E-state index in [0.717, 1.165) is 17.7 Å². The van der Waals surface area contributed by atoms with Gasteiger partial charge in [-0.25, -0.2) is 0 Å². The summed E-state index contributed by atoms with van der Waals surface area (Å²) in [6.07, 6.45) is 0.854. The summed E-state index contributed by atoms with van der Waals surface area (Å²) in [5, 5.41) is 9.08. The molecule has 2 rings (SSSR count). The molecule has 4 heteroatoms. The van der Waals surface area contributed by atoms with E-state index in [-0.39, 0.29) is 17.6 Å². The highest BCUT2D eigenvalue weighted by Gasteiger charge is 2.36. The SMILES string of the molecule is CC(CN(C)C1CC(C)(C)Oc2ccccc21)C(=O)O. The van der Waals surface area contributed by atoms with Crippen LogP contribution in [0.15, 0.2) is 24.3 Å². The van der Waals surface area contributed by atoms with Crippen LogP contribution in [0.3, 0.4) is 0 Å². The van der Waals surface area contributed by atoms with E-state index in [4.69, 9.17) is 9.84 Å². The molecular formula is C16H23NO3. The van der Waals surface area contributed by atoms with Crippen molar-refractivity contribution in [3.8, 4) is 5.75 Å². The van der Waals surface area contributed by atoms with E-state index in [0.29, 0.717) is 6.54 Å². The van der Waals surface area contributed by atoms with E-state index in [1.54, 1.807) is 6.92 Å². The Morgan fingerprint density at radius 3 is 2.80 bits per heavy atom. The molecule has 1 aliphatic heterocycles. The number of benzene rings is 1. The number of fused-ring (bicyclic) bond motifs is 1. The number of hydrogen-bond acceptors (Lipinski definition) is 3. The highest BCUT2D eigenvalue weighted by atomic mass is 16.5. The number of carbonyl (C=O) groups is 1. The zero-order chi connectivity index (χ0) is 14.9. The molecule has 20 heavy (non-hydrogen) atoms. The summed E-state index contributed by atoms with van der Waals surface area (Å²) in [5.74, 6) is -0.224. The summed E-state index contributed by atoms with van der Waals surface area (Å²) in [4.78, 5) is 13.2. The maximum Gasteiger partial charge on any atom is 0.307 e. The van der Waals surface area contributed by atoms with Gasteiger partial charge in [-0.05, 0) is 27.0 Å². The second-order valence-electron chi connectivity index (χ2n) is 6.30. The van der Waals surface area contributed by atoms with Crippen molar-refractivity contribution in [1.82, 2.24) is 4.90 Å². The molecule has 2 unspecified atom stereocenters. The van der Waals surface area contributed by atoms with Crippen molar-refractivity contribution >= 4 is 5.97 Å². The van der Waals surface area contributed by atoms with Crippen LogP contribution in [0.4, 0.5) is 0 Å². The van der Waals surface area contributed by atoms with Crippen LogP contribution >= 0.6 is 0 Å². The number of rotatable bonds is 4. The zero-order valence-electron chi connectivity index (χ0n) is 12.6. The Morgan fingerprint density at radius 1 is 1.50 bits per heavy atom. The zero-order valence-corrected chi connectivity index (χ0v) is 12.6. The Kier molecular flexibility index (Phi) is 4.04. The van der Waals surface area contributed by atoms with Crippen LogP contribution in [0, 0.1) is 5.92 Å². The molecular weight excluding hydrogens is 254 g/mol. The van der Waals surface area contributed by atoms with Gasteiger partial charge in [-0.2, -0.15) is 0 Å². The van der Waals surface area contributed by atoms with Gasteiger partial charge in [0.2, 0.25) is 0 Å². The van der Waals surface area contributed by atoms with E-state index < -0.39 is 5.97 Å². The molecule has 1 aromatic rings. The first-order valence-electron chi connectivity index (χ1n) is 7.01. The van der Waals surface area contributed by atoms with Gasteiger partial charge in [0.1, 0.15) is 11.4 Å². The lowest BCUT2D eigenvalue weighted by Crippen LogP contribution is -2.41. The third-order valence-corrected chi connectivity index (χ3v) is 3.86. The quantitative estimate of drug-likeness (QED) is 0.919. The number of carboxylic acids is 1. The fourth-order valence-corrected chi connectivity index (χ4v) is 2.79. The van der Waals surface area contributed by atoms with Gasteiger partial charge in [0, 0.05) is 24.6 Å². The minimum Gasteiger partial charge on any atom is -0.487 e. The monoisotopic (exact) mass is 277 g/mol. The van der Waals surface area contributed by atoms with Crippen LogP contribution in [0.2, 0.25) is 0 Å². The molecule has 1 aromatic carbocycles. The Morgan fingerprint density at radius 2 is 2.15 bits per heavy atom. The van der Waals surface area contributed by atoms with Crippen LogP contribution in [0.1, 0.15) is 38.8 Å². The fourth-order valence-electron chi connectivity index (χ4n) is 2.79. The van der Waals surface area contributed by atoms with Crippen LogP contribution < -0.4 is 4.74 Å². The first-order chi connectivity index (χ1) is 9.30. The molecule has 1 heterocycles. The molecule has 0 spiro atoms. The highest BCUT2D eigenvalue weighted by molar-refractivity contribution is 5.69. The van der Waals surface area contributed by atoms with Crippen LogP contribution in [-0.2, 0) is 4.79 Å². The topological polar surface area (TPSA) is 49.8 Å². The fraction of sp³-hybridized carbons (Fsp3) is 0.562. The lowest BCUT2D eigenvalue weighted by molar-refractivity contribution is -0.141. The maximum absolute atomic E-state index is 11.0. The number of nitrogens with zero attached hydrogens (tertiary/aromatic N) is 1. The minimum atomic E-state index is -0.753. The average Bonchev–Trinajstić information content (AvgIpc) is 2.36. The van der Waals surface area contributed by atoms with E-state index in [1.165, 1.54) is 0 Å². The Hall–Kier alpha value is -1.55. The van der Waals surface area contributed by atoms with Crippen molar-refractivity contribution in [2.45, 2.75) is 38.8 Å². The van der Waals surface area contributed by atoms with Gasteiger partial charge in [-0.3, -0.25) is 9.69 Å². The van der Waals surface area contributed by atoms with Crippen molar-refractivity contribution in [3.05, 3.63) is 29.8 Å². The Labute approximate surface area is 120 Å². The van der Waals surface area contributed by atoms with Crippen LogP contribution in [0.25, 0.3) is 0 Å². The van der Waals surface area contributed by atoms with E-state index in [9.17, 15) is 4.79 Å². The summed E-state index contributed by atoms with van der Waals surface area (Å²) in [5.41, 5.74) is 0.909. The molecule has 0 saturated heterocycles. The van der Waals surface area contributed by atoms with Crippen molar-refractivity contribution in [2.24, 2.45) is 5.92 Å². The third-order valence-electron chi connectivity index (χ3n) is 3.86. The summed E-state index contributed by atoms with van der Waals surface area (Å²) in [6, 6.07) is 8.21. The number of aliphatic carboxylic acids is 1. The number of carboxylic acid groups (broad SMARTS) is 1. The van der Waals surface area contributed by atoms with Gasteiger partial charge in [0.15, 0.2) is 0 Å². The third kappa shape index (κ3) is 3.12. The van der Waals surface area contributed by atoms with Gasteiger partial charge in [0.05, 0.1) is 5.92 Å². The Balaban J connectivity index is 2.24. The molecule has 0 aliphatic carbocycles. The molecule has 110 valence electrons. The van der Waals surface area contributed by atoms with Crippen molar-refractivity contribution in [1.29, 1.82) is 0 Å². The van der Waals surface area contributed by atoms with E-state index >= 15 is 0 Å². The maximum atomic E-state index is 11.0. The number of ether oxygens (including phenoxy) is 1. The van der Waals surface area contributed by atoms with E-state index in [1.807, 2.05) is 25.2 Å². The first kappa shape index (κ1) is 14.9. The molecule has 0 fully saturated rings.